The topological polar surface area (TPSA) is 69.6 Å². The number of amides is 2. The van der Waals surface area contributed by atoms with Gasteiger partial charge in [0.2, 0.25) is 5.91 Å². The predicted octanol–water partition coefficient (Wildman–Crippen LogP) is 1.41. The van der Waals surface area contributed by atoms with Crippen LogP contribution in [0.25, 0.3) is 0 Å². The third-order valence-electron chi connectivity index (χ3n) is 3.62. The number of likely N-dealkylation sites (tertiary alicyclic amines) is 1. The number of aliphatic hydroxyl groups excluding tert-OH is 1. The summed E-state index contributed by atoms with van der Waals surface area (Å²) < 4.78 is 0.822. The summed E-state index contributed by atoms with van der Waals surface area (Å²) in [6, 6.07) is 7.03. The Morgan fingerprint density at radius 2 is 2.24 bits per heavy atom. The van der Waals surface area contributed by atoms with Gasteiger partial charge in [-0.15, -0.1) is 0 Å². The summed E-state index contributed by atoms with van der Waals surface area (Å²) in [6.07, 6.45) is 1.85. The maximum absolute atomic E-state index is 12.1. The van der Waals surface area contributed by atoms with Crippen LogP contribution < -0.4 is 5.32 Å². The molecule has 1 aromatic carbocycles. The number of rotatable bonds is 4. The molecule has 0 saturated carbocycles. The van der Waals surface area contributed by atoms with Crippen LogP contribution in [0.4, 0.5) is 0 Å². The first-order valence-corrected chi connectivity index (χ1v) is 7.82. The Hall–Kier alpha value is -1.40. The second kappa shape index (κ2) is 7.56. The van der Waals surface area contributed by atoms with Gasteiger partial charge in [0.25, 0.3) is 5.91 Å². The van der Waals surface area contributed by atoms with Crippen LogP contribution in [0.5, 0.6) is 0 Å². The number of halogens is 1. The van der Waals surface area contributed by atoms with E-state index in [0.717, 1.165) is 17.3 Å². The Labute approximate surface area is 132 Å². The molecule has 1 heterocycles. The normalized spacial score (nSPS) is 18.4. The molecular formula is C15H19BrN2O3. The molecule has 2 rings (SSSR count). The molecular weight excluding hydrogens is 336 g/mol. The molecule has 5 nitrogen and oxygen atoms in total. The summed E-state index contributed by atoms with van der Waals surface area (Å²) in [4.78, 5) is 25.8. The lowest BCUT2D eigenvalue weighted by atomic mass is 9.99. The second-order valence-electron chi connectivity index (χ2n) is 5.22. The zero-order valence-electron chi connectivity index (χ0n) is 11.7. The van der Waals surface area contributed by atoms with Crippen molar-refractivity contribution in [3.63, 3.8) is 0 Å². The van der Waals surface area contributed by atoms with Gasteiger partial charge in [0.1, 0.15) is 0 Å². The van der Waals surface area contributed by atoms with E-state index in [2.05, 4.69) is 21.2 Å². The number of nitrogens with zero attached hydrogens (tertiary/aromatic N) is 1. The van der Waals surface area contributed by atoms with E-state index < -0.39 is 0 Å². The molecule has 0 aromatic heterocycles. The maximum Gasteiger partial charge on any atom is 0.251 e. The highest BCUT2D eigenvalue weighted by molar-refractivity contribution is 9.10. The SMILES string of the molecule is O=C(NCC(=O)N1CCCC(CO)C1)c1cccc(Br)c1. The highest BCUT2D eigenvalue weighted by Crippen LogP contribution is 2.15. The van der Waals surface area contributed by atoms with Crippen LogP contribution in [0.3, 0.4) is 0 Å². The van der Waals surface area contributed by atoms with E-state index in [1.165, 1.54) is 0 Å². The molecule has 1 unspecified atom stereocenters. The molecule has 2 N–H and O–H groups in total. The lowest BCUT2D eigenvalue weighted by Crippen LogP contribution is -2.45. The zero-order chi connectivity index (χ0) is 15.2. The summed E-state index contributed by atoms with van der Waals surface area (Å²) in [5.41, 5.74) is 0.518. The highest BCUT2D eigenvalue weighted by Gasteiger charge is 2.23. The number of nitrogens with one attached hydrogen (secondary N) is 1. The lowest BCUT2D eigenvalue weighted by Gasteiger charge is -2.31. The van der Waals surface area contributed by atoms with Crippen LogP contribution in [0.2, 0.25) is 0 Å². The van der Waals surface area contributed by atoms with Crippen molar-refractivity contribution in [1.82, 2.24) is 10.2 Å². The van der Waals surface area contributed by atoms with Gasteiger partial charge in [0.05, 0.1) is 6.54 Å². The van der Waals surface area contributed by atoms with Crippen molar-refractivity contribution in [3.05, 3.63) is 34.3 Å². The molecule has 6 heteroatoms. The fourth-order valence-electron chi connectivity index (χ4n) is 2.44. The number of carbonyl (C=O) groups excluding carboxylic acids is 2. The van der Waals surface area contributed by atoms with Crippen LogP contribution >= 0.6 is 15.9 Å². The predicted molar refractivity (Wildman–Crippen MR) is 82.9 cm³/mol. The maximum atomic E-state index is 12.1. The van der Waals surface area contributed by atoms with Gasteiger partial charge < -0.3 is 15.3 Å². The van der Waals surface area contributed by atoms with Gasteiger partial charge in [-0.05, 0) is 37.0 Å². The van der Waals surface area contributed by atoms with Crippen LogP contribution in [-0.2, 0) is 4.79 Å². The average molecular weight is 355 g/mol. The minimum Gasteiger partial charge on any atom is -0.396 e. The van der Waals surface area contributed by atoms with Crippen molar-refractivity contribution in [2.45, 2.75) is 12.8 Å². The molecule has 1 aliphatic rings. The minimum absolute atomic E-state index is 0.0104. The van der Waals surface area contributed by atoms with Crippen molar-refractivity contribution in [2.75, 3.05) is 26.2 Å². The van der Waals surface area contributed by atoms with E-state index in [0.29, 0.717) is 18.7 Å². The largest absolute Gasteiger partial charge is 0.396 e. The molecule has 21 heavy (non-hydrogen) atoms. The second-order valence-corrected chi connectivity index (χ2v) is 6.14. The van der Waals surface area contributed by atoms with Gasteiger partial charge in [-0.3, -0.25) is 9.59 Å². The smallest absolute Gasteiger partial charge is 0.251 e. The van der Waals surface area contributed by atoms with E-state index >= 15 is 0 Å². The van der Waals surface area contributed by atoms with E-state index in [1.54, 1.807) is 23.1 Å². The number of aliphatic hydroxyl groups is 1. The Balaban J connectivity index is 1.84. The summed E-state index contributed by atoms with van der Waals surface area (Å²) in [7, 11) is 0. The van der Waals surface area contributed by atoms with Gasteiger partial charge >= 0.3 is 0 Å². The Kier molecular flexibility index (Phi) is 5.76. The average Bonchev–Trinajstić information content (AvgIpc) is 2.52. The molecule has 1 aromatic rings. The fraction of sp³-hybridized carbons (Fsp3) is 0.467. The molecule has 0 aliphatic carbocycles. The molecule has 1 atom stereocenters. The Bertz CT molecular complexity index is 521. The first kappa shape index (κ1) is 16.0. The van der Waals surface area contributed by atoms with Crippen molar-refractivity contribution < 1.29 is 14.7 Å². The van der Waals surface area contributed by atoms with Gasteiger partial charge in [-0.1, -0.05) is 22.0 Å². The molecule has 0 radical (unpaired) electrons. The van der Waals surface area contributed by atoms with Gasteiger partial charge in [-0.2, -0.15) is 0 Å². The fourth-order valence-corrected chi connectivity index (χ4v) is 2.84. The van der Waals surface area contributed by atoms with E-state index in [1.807, 2.05) is 6.07 Å². The quantitative estimate of drug-likeness (QED) is 0.858. The van der Waals surface area contributed by atoms with Crippen LogP contribution in [-0.4, -0.2) is 48.1 Å². The summed E-state index contributed by atoms with van der Waals surface area (Å²) in [6.45, 7) is 1.36. The number of piperidine rings is 1. The number of carbonyl (C=O) groups is 2. The lowest BCUT2D eigenvalue weighted by molar-refractivity contribution is -0.132. The van der Waals surface area contributed by atoms with E-state index in [4.69, 9.17) is 0 Å². The first-order valence-electron chi connectivity index (χ1n) is 7.02. The zero-order valence-corrected chi connectivity index (χ0v) is 13.3. The number of benzene rings is 1. The standard InChI is InChI=1S/C15H19BrN2O3/c16-13-5-1-4-12(7-13)15(21)17-8-14(20)18-6-2-3-11(9-18)10-19/h1,4-5,7,11,19H,2-3,6,8-10H2,(H,17,21). The molecule has 114 valence electrons. The summed E-state index contributed by atoms with van der Waals surface area (Å²) in [5.74, 6) is -0.208. The third kappa shape index (κ3) is 4.54. The molecule has 1 aliphatic heterocycles. The van der Waals surface area contributed by atoms with Crippen molar-refractivity contribution >= 4 is 27.7 Å². The van der Waals surface area contributed by atoms with Crippen LogP contribution in [0, 0.1) is 5.92 Å². The molecule has 1 saturated heterocycles. The monoisotopic (exact) mass is 354 g/mol. The van der Waals surface area contributed by atoms with Gasteiger partial charge in [-0.25, -0.2) is 0 Å². The number of hydrogen-bond donors (Lipinski definition) is 2. The Morgan fingerprint density at radius 3 is 2.95 bits per heavy atom. The minimum atomic E-state index is -0.264. The van der Waals surface area contributed by atoms with Crippen LogP contribution in [0.1, 0.15) is 23.2 Å². The highest BCUT2D eigenvalue weighted by atomic mass is 79.9. The molecule has 2 amide bonds. The van der Waals surface area contributed by atoms with Crippen LogP contribution in [0.15, 0.2) is 28.7 Å². The van der Waals surface area contributed by atoms with Crippen molar-refractivity contribution in [1.29, 1.82) is 0 Å². The van der Waals surface area contributed by atoms with Crippen molar-refractivity contribution in [2.24, 2.45) is 5.92 Å². The first-order chi connectivity index (χ1) is 10.1. The third-order valence-corrected chi connectivity index (χ3v) is 4.11. The van der Waals surface area contributed by atoms with Crippen molar-refractivity contribution in [3.8, 4) is 0 Å². The molecule has 0 spiro atoms. The Morgan fingerprint density at radius 1 is 1.43 bits per heavy atom. The van der Waals surface area contributed by atoms with Gasteiger partial charge in [0.15, 0.2) is 0 Å². The van der Waals surface area contributed by atoms with E-state index in [9.17, 15) is 14.7 Å². The summed E-state index contributed by atoms with van der Waals surface area (Å²) in [5, 5.41) is 11.8. The van der Waals surface area contributed by atoms with Gasteiger partial charge in [0, 0.05) is 29.7 Å². The van der Waals surface area contributed by atoms with E-state index in [-0.39, 0.29) is 30.9 Å². The molecule has 1 fully saturated rings. The summed E-state index contributed by atoms with van der Waals surface area (Å²) >= 11 is 3.31. The number of hydrogen-bond acceptors (Lipinski definition) is 3. The molecule has 0 bridgehead atoms.